The fraction of sp³-hybridized carbons (Fsp3) is 0.429. The molecule has 2 atom stereocenters. The van der Waals surface area contributed by atoms with Crippen LogP contribution in [0.5, 0.6) is 0 Å². The second-order valence-electron chi connectivity index (χ2n) is 6.02. The van der Waals surface area contributed by atoms with Gasteiger partial charge in [-0.15, -0.1) is 4.83 Å². The molecule has 7 nitrogen and oxygen atoms in total. The van der Waals surface area contributed by atoms with Gasteiger partial charge >= 0.3 is 5.97 Å². The van der Waals surface area contributed by atoms with E-state index in [4.69, 9.17) is 5.11 Å². The molecule has 1 saturated carbocycles. The van der Waals surface area contributed by atoms with Crippen LogP contribution in [0.3, 0.4) is 0 Å². The van der Waals surface area contributed by atoms with Gasteiger partial charge in [0.2, 0.25) is 5.91 Å². The molecule has 3 N–H and O–H groups in total. The minimum atomic E-state index is -3.89. The maximum absolute atomic E-state index is 12.1. The van der Waals surface area contributed by atoms with Crippen molar-refractivity contribution >= 4 is 21.9 Å². The summed E-state index contributed by atoms with van der Waals surface area (Å²) in [6, 6.07) is 6.12. The van der Waals surface area contributed by atoms with Gasteiger partial charge in [0.15, 0.2) is 0 Å². The lowest BCUT2D eigenvalue weighted by Crippen LogP contribution is -2.46. The molecule has 120 valence electrons. The molecular weight excluding hydrogens is 308 g/mol. The van der Waals surface area contributed by atoms with Gasteiger partial charge in [-0.1, -0.05) is 17.7 Å². The normalized spacial score (nSPS) is 27.2. The van der Waals surface area contributed by atoms with E-state index in [1.807, 2.05) is 11.8 Å². The molecule has 0 radical (unpaired) electrons. The molecule has 0 aromatic heterocycles. The molecule has 1 aromatic rings. The number of nitrogens with one attached hydrogen (secondary N) is 2. The number of aliphatic carboxylic acids is 1. The maximum Gasteiger partial charge on any atom is 0.310 e. The number of hydrogen-bond acceptors (Lipinski definition) is 4. The van der Waals surface area contributed by atoms with Crippen molar-refractivity contribution in [3.8, 4) is 0 Å². The van der Waals surface area contributed by atoms with Gasteiger partial charge < -0.3 is 5.11 Å². The predicted octanol–water partition coefficient (Wildman–Crippen LogP) is 0.805. The lowest BCUT2D eigenvalue weighted by molar-refractivity contribution is -0.146. The minimum absolute atomic E-state index is 0.0142. The number of hydrazine groups is 1. The first-order valence-electron chi connectivity index (χ1n) is 6.65. The van der Waals surface area contributed by atoms with E-state index in [1.165, 1.54) is 26.0 Å². The highest BCUT2D eigenvalue weighted by atomic mass is 32.2. The van der Waals surface area contributed by atoms with Crippen LogP contribution in [-0.4, -0.2) is 25.4 Å². The van der Waals surface area contributed by atoms with E-state index in [0.29, 0.717) is 0 Å². The molecule has 1 aliphatic carbocycles. The van der Waals surface area contributed by atoms with Crippen LogP contribution in [0, 0.1) is 17.8 Å². The summed E-state index contributed by atoms with van der Waals surface area (Å²) in [5.41, 5.74) is 0.712. The van der Waals surface area contributed by atoms with E-state index < -0.39 is 32.7 Å². The van der Waals surface area contributed by atoms with Gasteiger partial charge in [-0.25, -0.2) is 8.42 Å². The van der Waals surface area contributed by atoms with Crippen LogP contribution in [0.2, 0.25) is 0 Å². The van der Waals surface area contributed by atoms with Gasteiger partial charge in [-0.3, -0.25) is 15.0 Å². The number of aryl methyl sites for hydroxylation is 1. The number of hydrogen-bond donors (Lipinski definition) is 3. The Labute approximate surface area is 128 Å². The molecule has 0 spiro atoms. The second kappa shape index (κ2) is 5.06. The summed E-state index contributed by atoms with van der Waals surface area (Å²) in [4.78, 5) is 25.2. The fourth-order valence-electron chi connectivity index (χ4n) is 2.33. The first-order valence-corrected chi connectivity index (χ1v) is 8.14. The Morgan fingerprint density at radius 3 is 2.14 bits per heavy atom. The zero-order chi connectivity index (χ0) is 16.8. The van der Waals surface area contributed by atoms with E-state index in [0.717, 1.165) is 5.56 Å². The molecule has 0 unspecified atom stereocenters. The molecule has 1 amide bonds. The standard InChI is InChI=1S/C14H18N2O5S/c1-9-4-6-10(7-5-9)22(20,21)16-15-11(17)13(2)8-14(13,3)12(18)19/h4-7,16H,8H2,1-3H3,(H,15,17)(H,18,19)/t13-,14-/m0/s1. The Bertz CT molecular complexity index is 728. The Balaban J connectivity index is 2.06. The Morgan fingerprint density at radius 2 is 1.68 bits per heavy atom. The molecular formula is C14H18N2O5S. The summed E-state index contributed by atoms with van der Waals surface area (Å²) >= 11 is 0. The van der Waals surface area contributed by atoms with Gasteiger partial charge in [0.05, 0.1) is 15.7 Å². The number of carboxylic acid groups (broad SMARTS) is 1. The third kappa shape index (κ3) is 2.59. The Morgan fingerprint density at radius 1 is 1.14 bits per heavy atom. The molecule has 0 heterocycles. The number of carbonyl (C=O) groups excluding carboxylic acids is 1. The molecule has 1 fully saturated rings. The summed E-state index contributed by atoms with van der Waals surface area (Å²) < 4.78 is 24.1. The highest BCUT2D eigenvalue weighted by molar-refractivity contribution is 7.89. The van der Waals surface area contributed by atoms with Crippen molar-refractivity contribution in [1.82, 2.24) is 10.3 Å². The Kier molecular flexibility index (Phi) is 3.78. The SMILES string of the molecule is Cc1ccc(S(=O)(=O)NNC(=O)[C@]2(C)C[C@@]2(C)C(=O)O)cc1. The van der Waals surface area contributed by atoms with Crippen LogP contribution in [-0.2, 0) is 19.6 Å². The highest BCUT2D eigenvalue weighted by Crippen LogP contribution is 2.63. The van der Waals surface area contributed by atoms with Crippen LogP contribution in [0.15, 0.2) is 29.2 Å². The van der Waals surface area contributed by atoms with E-state index in [2.05, 4.69) is 5.43 Å². The largest absolute Gasteiger partial charge is 0.481 e. The van der Waals surface area contributed by atoms with Crippen molar-refractivity contribution in [2.75, 3.05) is 0 Å². The zero-order valence-electron chi connectivity index (χ0n) is 12.5. The van der Waals surface area contributed by atoms with Gasteiger partial charge in [0, 0.05) is 0 Å². The predicted molar refractivity (Wildman–Crippen MR) is 78.1 cm³/mol. The highest BCUT2D eigenvalue weighted by Gasteiger charge is 2.70. The third-order valence-corrected chi connectivity index (χ3v) is 5.67. The number of sulfonamides is 1. The van der Waals surface area contributed by atoms with Gasteiger partial charge in [0.1, 0.15) is 0 Å². The van der Waals surface area contributed by atoms with Gasteiger partial charge in [-0.05, 0) is 39.3 Å². The van der Waals surface area contributed by atoms with E-state index in [9.17, 15) is 18.0 Å². The lowest BCUT2D eigenvalue weighted by atomic mass is 9.96. The van der Waals surface area contributed by atoms with E-state index >= 15 is 0 Å². The molecule has 0 bridgehead atoms. The summed E-state index contributed by atoms with van der Waals surface area (Å²) in [7, 11) is -3.89. The zero-order valence-corrected chi connectivity index (χ0v) is 13.3. The maximum atomic E-state index is 12.1. The lowest BCUT2D eigenvalue weighted by Gasteiger charge is -2.15. The van der Waals surface area contributed by atoms with Crippen LogP contribution >= 0.6 is 0 Å². The van der Waals surface area contributed by atoms with Crippen LogP contribution in [0.25, 0.3) is 0 Å². The van der Waals surface area contributed by atoms with Crippen molar-refractivity contribution in [2.24, 2.45) is 10.8 Å². The van der Waals surface area contributed by atoms with Crippen LogP contribution < -0.4 is 10.3 Å². The first-order chi connectivity index (χ1) is 10.0. The number of amides is 1. The van der Waals surface area contributed by atoms with E-state index in [-0.39, 0.29) is 11.3 Å². The van der Waals surface area contributed by atoms with Gasteiger partial charge in [-0.2, -0.15) is 0 Å². The smallest absolute Gasteiger partial charge is 0.310 e. The van der Waals surface area contributed by atoms with E-state index in [1.54, 1.807) is 12.1 Å². The minimum Gasteiger partial charge on any atom is -0.481 e. The molecule has 1 aromatic carbocycles. The van der Waals surface area contributed by atoms with Crippen LogP contribution in [0.1, 0.15) is 25.8 Å². The third-order valence-electron chi connectivity index (χ3n) is 4.40. The van der Waals surface area contributed by atoms with Gasteiger partial charge in [0.25, 0.3) is 10.0 Å². The topological polar surface area (TPSA) is 113 Å². The quantitative estimate of drug-likeness (QED) is 0.693. The van der Waals surface area contributed by atoms with Crippen molar-refractivity contribution in [2.45, 2.75) is 32.1 Å². The molecule has 0 saturated heterocycles. The average Bonchev–Trinajstić information content (AvgIpc) is 3.02. The Hall–Kier alpha value is -1.93. The molecule has 22 heavy (non-hydrogen) atoms. The molecule has 1 aliphatic rings. The van der Waals surface area contributed by atoms with Crippen molar-refractivity contribution in [3.63, 3.8) is 0 Å². The molecule has 0 aliphatic heterocycles. The monoisotopic (exact) mass is 326 g/mol. The summed E-state index contributed by atoms with van der Waals surface area (Å²) in [5, 5.41) is 9.11. The van der Waals surface area contributed by atoms with Crippen LogP contribution in [0.4, 0.5) is 0 Å². The second-order valence-corrected chi connectivity index (χ2v) is 7.70. The fourth-order valence-corrected chi connectivity index (χ4v) is 3.17. The first kappa shape index (κ1) is 16.4. The number of rotatable bonds is 5. The number of carboxylic acids is 1. The summed E-state index contributed by atoms with van der Waals surface area (Å²) in [6.45, 7) is 4.78. The average molecular weight is 326 g/mol. The number of carbonyl (C=O) groups is 2. The summed E-state index contributed by atoms with van der Waals surface area (Å²) in [5.74, 6) is -1.74. The number of benzene rings is 1. The summed E-state index contributed by atoms with van der Waals surface area (Å²) in [6.07, 6.45) is 0.160. The molecule has 2 rings (SSSR count). The van der Waals surface area contributed by atoms with Crippen molar-refractivity contribution < 1.29 is 23.1 Å². The van der Waals surface area contributed by atoms with Crippen molar-refractivity contribution in [3.05, 3.63) is 29.8 Å². The molecule has 8 heteroatoms. The van der Waals surface area contributed by atoms with Crippen molar-refractivity contribution in [1.29, 1.82) is 0 Å².